The van der Waals surface area contributed by atoms with Crippen molar-refractivity contribution in [1.82, 2.24) is 0 Å². The molecule has 0 atom stereocenters. The Balaban J connectivity index is 2.28. The molecule has 2 N–H and O–H groups in total. The number of carbonyl (C=O) groups is 1. The summed E-state index contributed by atoms with van der Waals surface area (Å²) in [7, 11) is 4.83. The standard InChI is InChI=1S/C16H18N2O3/c1-18(12-5-4-6-13(10-12)20-2)16(19)11-7-8-15(21-3)14(17)9-11/h4-10H,17H2,1-3H3. The Bertz CT molecular complexity index is 656. The minimum atomic E-state index is -0.155. The van der Waals surface area contributed by atoms with Crippen LogP contribution in [0.1, 0.15) is 10.4 Å². The summed E-state index contributed by atoms with van der Waals surface area (Å²) >= 11 is 0. The van der Waals surface area contributed by atoms with Crippen LogP contribution >= 0.6 is 0 Å². The molecule has 0 bridgehead atoms. The number of methoxy groups -OCH3 is 2. The second-order valence-electron chi connectivity index (χ2n) is 4.52. The lowest BCUT2D eigenvalue weighted by molar-refractivity contribution is 0.0993. The molecule has 0 saturated heterocycles. The summed E-state index contributed by atoms with van der Waals surface area (Å²) in [5.74, 6) is 1.09. The molecule has 0 aromatic heterocycles. The zero-order valence-corrected chi connectivity index (χ0v) is 12.3. The van der Waals surface area contributed by atoms with Crippen LogP contribution in [0.4, 0.5) is 11.4 Å². The molecule has 5 heteroatoms. The van der Waals surface area contributed by atoms with Crippen LogP contribution in [0.25, 0.3) is 0 Å². The predicted molar refractivity (Wildman–Crippen MR) is 83.1 cm³/mol. The Morgan fingerprint density at radius 3 is 2.48 bits per heavy atom. The second-order valence-corrected chi connectivity index (χ2v) is 4.52. The number of nitrogens with zero attached hydrogens (tertiary/aromatic N) is 1. The fourth-order valence-electron chi connectivity index (χ4n) is 2.00. The van der Waals surface area contributed by atoms with Gasteiger partial charge in [0.25, 0.3) is 5.91 Å². The maximum atomic E-state index is 12.5. The highest BCUT2D eigenvalue weighted by atomic mass is 16.5. The number of ether oxygens (including phenoxy) is 2. The second kappa shape index (κ2) is 6.17. The Labute approximate surface area is 123 Å². The van der Waals surface area contributed by atoms with Crippen molar-refractivity contribution >= 4 is 17.3 Å². The lowest BCUT2D eigenvalue weighted by Crippen LogP contribution is -2.26. The van der Waals surface area contributed by atoms with Crippen LogP contribution in [0, 0.1) is 0 Å². The zero-order chi connectivity index (χ0) is 15.4. The van der Waals surface area contributed by atoms with E-state index in [0.29, 0.717) is 22.7 Å². The van der Waals surface area contributed by atoms with Crippen molar-refractivity contribution in [2.75, 3.05) is 31.9 Å². The van der Waals surface area contributed by atoms with Crippen molar-refractivity contribution < 1.29 is 14.3 Å². The molecule has 0 aliphatic rings. The van der Waals surface area contributed by atoms with Crippen LogP contribution in [0.3, 0.4) is 0 Å². The maximum absolute atomic E-state index is 12.5. The molecule has 0 spiro atoms. The number of hydrogen-bond donors (Lipinski definition) is 1. The molecule has 110 valence electrons. The number of benzene rings is 2. The van der Waals surface area contributed by atoms with E-state index in [4.69, 9.17) is 15.2 Å². The van der Waals surface area contributed by atoms with Crippen LogP contribution in [0.5, 0.6) is 11.5 Å². The lowest BCUT2D eigenvalue weighted by Gasteiger charge is -2.18. The van der Waals surface area contributed by atoms with Gasteiger partial charge in [-0.3, -0.25) is 4.79 Å². The van der Waals surface area contributed by atoms with Gasteiger partial charge in [-0.05, 0) is 30.3 Å². The molecule has 0 aliphatic heterocycles. The van der Waals surface area contributed by atoms with Gasteiger partial charge < -0.3 is 20.1 Å². The highest BCUT2D eigenvalue weighted by molar-refractivity contribution is 6.06. The van der Waals surface area contributed by atoms with Crippen molar-refractivity contribution in [3.63, 3.8) is 0 Å². The van der Waals surface area contributed by atoms with Gasteiger partial charge in [0.15, 0.2) is 0 Å². The predicted octanol–water partition coefficient (Wildman–Crippen LogP) is 2.56. The van der Waals surface area contributed by atoms with E-state index in [2.05, 4.69) is 0 Å². The molecule has 21 heavy (non-hydrogen) atoms. The van der Waals surface area contributed by atoms with Gasteiger partial charge in [-0.2, -0.15) is 0 Å². The first kappa shape index (κ1) is 14.7. The van der Waals surface area contributed by atoms with Gasteiger partial charge in [0, 0.05) is 24.4 Å². The maximum Gasteiger partial charge on any atom is 0.258 e. The van der Waals surface area contributed by atoms with Gasteiger partial charge >= 0.3 is 0 Å². The Hall–Kier alpha value is -2.69. The van der Waals surface area contributed by atoms with Crippen molar-refractivity contribution in [2.24, 2.45) is 0 Å². The first-order valence-corrected chi connectivity index (χ1v) is 6.42. The van der Waals surface area contributed by atoms with Crippen LogP contribution in [0.2, 0.25) is 0 Å². The molecule has 0 radical (unpaired) electrons. The van der Waals surface area contributed by atoms with Gasteiger partial charge in [0.05, 0.1) is 19.9 Å². The highest BCUT2D eigenvalue weighted by Gasteiger charge is 2.15. The minimum Gasteiger partial charge on any atom is -0.497 e. The zero-order valence-electron chi connectivity index (χ0n) is 12.3. The number of hydrogen-bond acceptors (Lipinski definition) is 4. The SMILES string of the molecule is COc1cccc(N(C)C(=O)c2ccc(OC)c(N)c2)c1. The van der Waals surface area contributed by atoms with Crippen molar-refractivity contribution in [2.45, 2.75) is 0 Å². The van der Waals surface area contributed by atoms with E-state index < -0.39 is 0 Å². The molecule has 2 aromatic carbocycles. The van der Waals surface area contributed by atoms with Gasteiger partial charge in [-0.15, -0.1) is 0 Å². The molecule has 0 heterocycles. The Morgan fingerprint density at radius 2 is 1.86 bits per heavy atom. The monoisotopic (exact) mass is 286 g/mol. The number of anilines is 2. The smallest absolute Gasteiger partial charge is 0.258 e. The van der Waals surface area contributed by atoms with E-state index in [1.54, 1.807) is 43.3 Å². The van der Waals surface area contributed by atoms with Crippen LogP contribution < -0.4 is 20.1 Å². The highest BCUT2D eigenvalue weighted by Crippen LogP contribution is 2.25. The molecule has 5 nitrogen and oxygen atoms in total. The summed E-state index contributed by atoms with van der Waals surface area (Å²) in [5.41, 5.74) is 7.51. The largest absolute Gasteiger partial charge is 0.497 e. The summed E-state index contributed by atoms with van der Waals surface area (Å²) in [4.78, 5) is 14.0. The number of carbonyl (C=O) groups excluding carboxylic acids is 1. The van der Waals surface area contributed by atoms with E-state index in [0.717, 1.165) is 5.69 Å². The van der Waals surface area contributed by atoms with Crippen LogP contribution in [-0.4, -0.2) is 27.2 Å². The third-order valence-electron chi connectivity index (χ3n) is 3.22. The van der Waals surface area contributed by atoms with E-state index in [9.17, 15) is 4.79 Å². The quantitative estimate of drug-likeness (QED) is 0.877. The van der Waals surface area contributed by atoms with E-state index in [-0.39, 0.29) is 5.91 Å². The fraction of sp³-hybridized carbons (Fsp3) is 0.188. The van der Waals surface area contributed by atoms with Crippen LogP contribution in [-0.2, 0) is 0 Å². The molecule has 1 amide bonds. The third kappa shape index (κ3) is 3.08. The van der Waals surface area contributed by atoms with E-state index in [1.807, 2.05) is 18.2 Å². The minimum absolute atomic E-state index is 0.155. The molecule has 0 unspecified atom stereocenters. The number of amides is 1. The number of nitrogen functional groups attached to an aromatic ring is 1. The summed E-state index contributed by atoms with van der Waals surface area (Å²) in [6.07, 6.45) is 0. The third-order valence-corrected chi connectivity index (χ3v) is 3.22. The van der Waals surface area contributed by atoms with Gasteiger partial charge in [0.1, 0.15) is 11.5 Å². The van der Waals surface area contributed by atoms with Crippen molar-refractivity contribution in [3.05, 3.63) is 48.0 Å². The molecular weight excluding hydrogens is 268 g/mol. The number of rotatable bonds is 4. The van der Waals surface area contributed by atoms with Gasteiger partial charge in [0.2, 0.25) is 0 Å². The molecule has 2 aromatic rings. The van der Waals surface area contributed by atoms with E-state index in [1.165, 1.54) is 7.11 Å². The summed E-state index contributed by atoms with van der Waals surface area (Å²) < 4.78 is 10.3. The first-order chi connectivity index (χ1) is 10.1. The molecule has 0 saturated carbocycles. The fourth-order valence-corrected chi connectivity index (χ4v) is 2.00. The van der Waals surface area contributed by atoms with Gasteiger partial charge in [-0.1, -0.05) is 6.07 Å². The lowest BCUT2D eigenvalue weighted by atomic mass is 10.1. The normalized spacial score (nSPS) is 10.0. The molecule has 2 rings (SSSR count). The average Bonchev–Trinajstić information content (AvgIpc) is 2.53. The van der Waals surface area contributed by atoms with Crippen LogP contribution in [0.15, 0.2) is 42.5 Å². The van der Waals surface area contributed by atoms with Gasteiger partial charge in [-0.25, -0.2) is 0 Å². The topological polar surface area (TPSA) is 64.8 Å². The Morgan fingerprint density at radius 1 is 1.10 bits per heavy atom. The number of nitrogens with two attached hydrogens (primary N) is 1. The average molecular weight is 286 g/mol. The summed E-state index contributed by atoms with van der Waals surface area (Å²) in [6.45, 7) is 0. The Kier molecular flexibility index (Phi) is 4.33. The first-order valence-electron chi connectivity index (χ1n) is 6.42. The molecule has 0 fully saturated rings. The van der Waals surface area contributed by atoms with Crippen molar-refractivity contribution in [3.8, 4) is 11.5 Å². The molecular formula is C16H18N2O3. The summed E-state index contributed by atoms with van der Waals surface area (Å²) in [6, 6.07) is 12.3. The molecule has 0 aliphatic carbocycles. The summed E-state index contributed by atoms with van der Waals surface area (Å²) in [5, 5.41) is 0. The van der Waals surface area contributed by atoms with Crippen molar-refractivity contribution in [1.29, 1.82) is 0 Å². The van der Waals surface area contributed by atoms with E-state index >= 15 is 0 Å².